The number of aliphatic carboxylic acids is 1. The first kappa shape index (κ1) is 13.2. The number of carboxylic acid groups (broad SMARTS) is 1. The number of ketones is 1. The van der Waals surface area contributed by atoms with Crippen molar-refractivity contribution < 1.29 is 14.7 Å². The SMILES string of the molecule is CC(CC(=O)c1ccc(Cl)c(Br)c1)C(=O)O. The van der Waals surface area contributed by atoms with Gasteiger partial charge in [-0.1, -0.05) is 18.5 Å². The number of carbonyl (C=O) groups is 2. The van der Waals surface area contributed by atoms with E-state index in [0.29, 0.717) is 15.1 Å². The van der Waals surface area contributed by atoms with E-state index in [1.807, 2.05) is 0 Å². The van der Waals surface area contributed by atoms with Crippen LogP contribution >= 0.6 is 27.5 Å². The predicted molar refractivity (Wildman–Crippen MR) is 64.9 cm³/mol. The van der Waals surface area contributed by atoms with Crippen LogP contribution in [0.5, 0.6) is 0 Å². The molecule has 5 heteroatoms. The molecule has 0 aromatic heterocycles. The Labute approximate surface area is 107 Å². The maximum absolute atomic E-state index is 11.7. The summed E-state index contributed by atoms with van der Waals surface area (Å²) in [5.41, 5.74) is 0.462. The van der Waals surface area contributed by atoms with Crippen molar-refractivity contribution in [3.05, 3.63) is 33.3 Å². The molecule has 1 rings (SSSR count). The second kappa shape index (κ2) is 5.46. The monoisotopic (exact) mass is 304 g/mol. The Morgan fingerprint density at radius 2 is 2.12 bits per heavy atom. The molecule has 0 aliphatic carbocycles. The number of benzene rings is 1. The van der Waals surface area contributed by atoms with Crippen molar-refractivity contribution in [3.8, 4) is 0 Å². The number of halogens is 2. The molecule has 1 aromatic rings. The molecule has 1 N–H and O–H groups in total. The van der Waals surface area contributed by atoms with Crippen LogP contribution in [0, 0.1) is 5.92 Å². The zero-order valence-corrected chi connectivity index (χ0v) is 10.9. The Morgan fingerprint density at radius 1 is 1.50 bits per heavy atom. The molecule has 0 bridgehead atoms. The van der Waals surface area contributed by atoms with Crippen molar-refractivity contribution in [2.24, 2.45) is 5.92 Å². The fourth-order valence-corrected chi connectivity index (χ4v) is 1.65. The van der Waals surface area contributed by atoms with Gasteiger partial charge in [-0.3, -0.25) is 9.59 Å². The minimum atomic E-state index is -0.971. The topological polar surface area (TPSA) is 54.4 Å². The van der Waals surface area contributed by atoms with Gasteiger partial charge in [-0.25, -0.2) is 0 Å². The average Bonchev–Trinajstić information content (AvgIpc) is 2.21. The van der Waals surface area contributed by atoms with E-state index < -0.39 is 11.9 Å². The summed E-state index contributed by atoms with van der Waals surface area (Å²) in [7, 11) is 0. The Morgan fingerprint density at radius 3 is 2.62 bits per heavy atom. The normalized spacial score (nSPS) is 12.2. The fraction of sp³-hybridized carbons (Fsp3) is 0.273. The summed E-state index contributed by atoms with van der Waals surface area (Å²) < 4.78 is 0.628. The summed E-state index contributed by atoms with van der Waals surface area (Å²) in [5, 5.41) is 9.21. The lowest BCUT2D eigenvalue weighted by molar-refractivity contribution is -0.141. The van der Waals surface area contributed by atoms with Crippen LogP contribution in [-0.2, 0) is 4.79 Å². The van der Waals surface area contributed by atoms with Crippen LogP contribution in [-0.4, -0.2) is 16.9 Å². The minimum Gasteiger partial charge on any atom is -0.481 e. The van der Waals surface area contributed by atoms with Crippen molar-refractivity contribution in [2.75, 3.05) is 0 Å². The first-order chi connectivity index (χ1) is 7.41. The van der Waals surface area contributed by atoms with Gasteiger partial charge in [0.1, 0.15) is 0 Å². The lowest BCUT2D eigenvalue weighted by Crippen LogP contribution is -2.14. The zero-order chi connectivity index (χ0) is 12.3. The van der Waals surface area contributed by atoms with Crippen LogP contribution < -0.4 is 0 Å². The molecule has 0 saturated carbocycles. The Hall–Kier alpha value is -0.870. The van der Waals surface area contributed by atoms with E-state index in [9.17, 15) is 9.59 Å². The third-order valence-electron chi connectivity index (χ3n) is 2.15. The quantitative estimate of drug-likeness (QED) is 0.867. The highest BCUT2D eigenvalue weighted by molar-refractivity contribution is 9.10. The number of carbonyl (C=O) groups excluding carboxylic acids is 1. The number of rotatable bonds is 4. The fourth-order valence-electron chi connectivity index (χ4n) is 1.15. The number of hydrogen-bond donors (Lipinski definition) is 1. The van der Waals surface area contributed by atoms with E-state index in [2.05, 4.69) is 15.9 Å². The summed E-state index contributed by atoms with van der Waals surface area (Å²) in [5.74, 6) is -1.85. The van der Waals surface area contributed by atoms with Crippen LogP contribution in [0.4, 0.5) is 0 Å². The van der Waals surface area contributed by atoms with Crippen LogP contribution in [0.25, 0.3) is 0 Å². The zero-order valence-electron chi connectivity index (χ0n) is 8.54. The molecule has 0 radical (unpaired) electrons. The van der Waals surface area contributed by atoms with Gasteiger partial charge in [0.05, 0.1) is 10.9 Å². The first-order valence-electron chi connectivity index (χ1n) is 4.63. The lowest BCUT2D eigenvalue weighted by atomic mass is 10.00. The second-order valence-corrected chi connectivity index (χ2v) is 4.76. The van der Waals surface area contributed by atoms with Gasteiger partial charge >= 0.3 is 5.97 Å². The molecule has 16 heavy (non-hydrogen) atoms. The van der Waals surface area contributed by atoms with Gasteiger partial charge in [0.2, 0.25) is 0 Å². The van der Waals surface area contributed by atoms with E-state index >= 15 is 0 Å². The van der Waals surface area contributed by atoms with Crippen molar-refractivity contribution in [3.63, 3.8) is 0 Å². The Balaban J connectivity index is 2.81. The summed E-state index contributed by atoms with van der Waals surface area (Å²) in [6.45, 7) is 1.51. The average molecular weight is 306 g/mol. The van der Waals surface area contributed by atoms with Crippen LogP contribution in [0.1, 0.15) is 23.7 Å². The molecule has 0 heterocycles. The van der Waals surface area contributed by atoms with Gasteiger partial charge in [-0.05, 0) is 34.1 Å². The minimum absolute atomic E-state index is 0.0105. The molecule has 0 spiro atoms. The molecular formula is C11H10BrClO3. The summed E-state index contributed by atoms with van der Waals surface area (Å²) >= 11 is 9.00. The molecule has 1 unspecified atom stereocenters. The van der Waals surface area contributed by atoms with Gasteiger partial charge in [0.25, 0.3) is 0 Å². The molecule has 1 atom stereocenters. The number of hydrogen-bond acceptors (Lipinski definition) is 2. The highest BCUT2D eigenvalue weighted by atomic mass is 79.9. The van der Waals surface area contributed by atoms with Gasteiger partial charge < -0.3 is 5.11 Å². The van der Waals surface area contributed by atoms with E-state index in [0.717, 1.165) is 0 Å². The largest absolute Gasteiger partial charge is 0.481 e. The number of Topliss-reactive ketones (excluding diaryl/α,β-unsaturated/α-hetero) is 1. The van der Waals surface area contributed by atoms with E-state index in [-0.39, 0.29) is 12.2 Å². The highest BCUT2D eigenvalue weighted by Gasteiger charge is 2.17. The smallest absolute Gasteiger partial charge is 0.306 e. The van der Waals surface area contributed by atoms with E-state index in [4.69, 9.17) is 16.7 Å². The van der Waals surface area contributed by atoms with E-state index in [1.54, 1.807) is 18.2 Å². The van der Waals surface area contributed by atoms with Crippen molar-refractivity contribution in [2.45, 2.75) is 13.3 Å². The molecule has 86 valence electrons. The van der Waals surface area contributed by atoms with Gasteiger partial charge in [-0.15, -0.1) is 0 Å². The Bertz CT molecular complexity index is 431. The molecular weight excluding hydrogens is 295 g/mol. The van der Waals surface area contributed by atoms with Crippen molar-refractivity contribution in [1.82, 2.24) is 0 Å². The second-order valence-electron chi connectivity index (χ2n) is 3.50. The van der Waals surface area contributed by atoms with Crippen molar-refractivity contribution >= 4 is 39.3 Å². The maximum atomic E-state index is 11.7. The Kier molecular flexibility index (Phi) is 4.50. The van der Waals surface area contributed by atoms with Crippen LogP contribution in [0.2, 0.25) is 5.02 Å². The highest BCUT2D eigenvalue weighted by Crippen LogP contribution is 2.24. The first-order valence-corrected chi connectivity index (χ1v) is 5.80. The molecule has 0 aliphatic rings. The third kappa shape index (κ3) is 3.32. The lowest BCUT2D eigenvalue weighted by Gasteiger charge is -2.06. The standard InChI is InChI=1S/C11H10BrClO3/c1-6(11(15)16)4-10(14)7-2-3-9(13)8(12)5-7/h2-3,5-6H,4H2,1H3,(H,15,16). The van der Waals surface area contributed by atoms with Crippen LogP contribution in [0.3, 0.4) is 0 Å². The molecule has 0 saturated heterocycles. The summed E-state index contributed by atoms with van der Waals surface area (Å²) in [4.78, 5) is 22.3. The summed E-state index contributed by atoms with van der Waals surface area (Å²) in [6, 6.07) is 4.79. The number of carboxylic acids is 1. The molecule has 0 amide bonds. The summed E-state index contributed by atoms with van der Waals surface area (Å²) in [6.07, 6.45) is -0.0105. The predicted octanol–water partition coefficient (Wildman–Crippen LogP) is 3.40. The van der Waals surface area contributed by atoms with Gasteiger partial charge in [-0.2, -0.15) is 0 Å². The molecule has 3 nitrogen and oxygen atoms in total. The maximum Gasteiger partial charge on any atom is 0.306 e. The van der Waals surface area contributed by atoms with Gasteiger partial charge in [0.15, 0.2) is 5.78 Å². The molecule has 0 fully saturated rings. The van der Waals surface area contributed by atoms with Gasteiger partial charge in [0, 0.05) is 16.5 Å². The third-order valence-corrected chi connectivity index (χ3v) is 3.37. The molecule has 1 aromatic carbocycles. The van der Waals surface area contributed by atoms with Crippen LogP contribution in [0.15, 0.2) is 22.7 Å². The van der Waals surface area contributed by atoms with E-state index in [1.165, 1.54) is 6.92 Å². The molecule has 0 aliphatic heterocycles. The van der Waals surface area contributed by atoms with Crippen molar-refractivity contribution in [1.29, 1.82) is 0 Å².